The second-order valence-corrected chi connectivity index (χ2v) is 6.04. The average Bonchev–Trinajstić information content (AvgIpc) is 2.82. The van der Waals surface area contributed by atoms with E-state index in [-0.39, 0.29) is 5.91 Å². The number of carbonyl (C=O) groups excluding carboxylic acids is 1. The van der Waals surface area contributed by atoms with E-state index in [1.807, 2.05) is 25.1 Å². The fraction of sp³-hybridized carbons (Fsp3) is 0.588. The van der Waals surface area contributed by atoms with E-state index in [2.05, 4.69) is 24.1 Å². The number of nitrogens with zero attached hydrogens (tertiary/aromatic N) is 1. The number of benzene rings is 1. The molecule has 1 amide bonds. The Morgan fingerprint density at radius 2 is 2.19 bits per heavy atom. The molecule has 0 radical (unpaired) electrons. The summed E-state index contributed by atoms with van der Waals surface area (Å²) in [5.41, 5.74) is 8.34. The molecule has 2 unspecified atom stereocenters. The van der Waals surface area contributed by atoms with Gasteiger partial charge in [-0.25, -0.2) is 0 Å². The van der Waals surface area contributed by atoms with E-state index in [4.69, 9.17) is 5.73 Å². The van der Waals surface area contributed by atoms with Gasteiger partial charge in [0, 0.05) is 36.4 Å². The minimum Gasteiger partial charge on any atom is -0.398 e. The Morgan fingerprint density at radius 1 is 1.43 bits per heavy atom. The van der Waals surface area contributed by atoms with Crippen LogP contribution in [0.4, 0.5) is 11.4 Å². The van der Waals surface area contributed by atoms with Gasteiger partial charge in [0.2, 0.25) is 5.91 Å². The molecule has 1 fully saturated rings. The number of carbonyl (C=O) groups is 1. The zero-order chi connectivity index (χ0) is 15.4. The standard InChI is InChI=1S/C17H27N3O/c1-4-14-9-8-12(2)20(14)11-10-17(21)19-16-7-5-6-15(18)13(16)3/h5-7,12,14H,4,8-11,18H2,1-3H3,(H,19,21). The number of likely N-dealkylation sites (tertiary alicyclic amines) is 1. The Kier molecular flexibility index (Phi) is 5.23. The molecule has 2 rings (SSSR count). The van der Waals surface area contributed by atoms with E-state index in [1.54, 1.807) is 0 Å². The molecule has 0 saturated carbocycles. The zero-order valence-corrected chi connectivity index (χ0v) is 13.4. The lowest BCUT2D eigenvalue weighted by Crippen LogP contribution is -2.36. The van der Waals surface area contributed by atoms with E-state index in [0.29, 0.717) is 24.2 Å². The number of nitrogens with one attached hydrogen (secondary N) is 1. The highest BCUT2D eigenvalue weighted by molar-refractivity contribution is 5.92. The summed E-state index contributed by atoms with van der Waals surface area (Å²) in [5, 5.41) is 2.98. The number of anilines is 2. The van der Waals surface area contributed by atoms with Gasteiger partial charge in [-0.1, -0.05) is 13.0 Å². The van der Waals surface area contributed by atoms with Gasteiger partial charge in [0.05, 0.1) is 0 Å². The molecule has 0 spiro atoms. The highest BCUT2D eigenvalue weighted by atomic mass is 16.1. The van der Waals surface area contributed by atoms with Gasteiger partial charge in [0.25, 0.3) is 0 Å². The summed E-state index contributed by atoms with van der Waals surface area (Å²) in [6.45, 7) is 7.26. The molecule has 1 heterocycles. The molecule has 1 aromatic rings. The predicted octanol–water partition coefficient (Wildman–Crippen LogP) is 3.17. The van der Waals surface area contributed by atoms with Crippen LogP contribution in [-0.2, 0) is 4.79 Å². The maximum absolute atomic E-state index is 12.2. The third-order valence-corrected chi connectivity index (χ3v) is 4.67. The summed E-state index contributed by atoms with van der Waals surface area (Å²) in [4.78, 5) is 14.6. The zero-order valence-electron chi connectivity index (χ0n) is 13.4. The van der Waals surface area contributed by atoms with Crippen LogP contribution in [0.2, 0.25) is 0 Å². The minimum absolute atomic E-state index is 0.0673. The van der Waals surface area contributed by atoms with E-state index in [0.717, 1.165) is 17.8 Å². The molecule has 21 heavy (non-hydrogen) atoms. The second kappa shape index (κ2) is 6.94. The van der Waals surface area contributed by atoms with Gasteiger partial charge < -0.3 is 11.1 Å². The Hall–Kier alpha value is -1.55. The van der Waals surface area contributed by atoms with Crippen molar-refractivity contribution < 1.29 is 4.79 Å². The van der Waals surface area contributed by atoms with Gasteiger partial charge in [0.15, 0.2) is 0 Å². The first-order chi connectivity index (χ1) is 10.0. The molecule has 2 atom stereocenters. The van der Waals surface area contributed by atoms with Gasteiger partial charge in [-0.3, -0.25) is 9.69 Å². The quantitative estimate of drug-likeness (QED) is 0.819. The monoisotopic (exact) mass is 289 g/mol. The molecule has 1 aliphatic heterocycles. The highest BCUT2D eigenvalue weighted by Crippen LogP contribution is 2.26. The molecule has 1 aliphatic rings. The third kappa shape index (κ3) is 3.76. The molecule has 0 aromatic heterocycles. The first kappa shape index (κ1) is 15.8. The molecule has 0 bridgehead atoms. The smallest absolute Gasteiger partial charge is 0.225 e. The van der Waals surface area contributed by atoms with Crippen molar-refractivity contribution in [2.24, 2.45) is 0 Å². The van der Waals surface area contributed by atoms with E-state index in [9.17, 15) is 4.79 Å². The van der Waals surface area contributed by atoms with Gasteiger partial charge >= 0.3 is 0 Å². The van der Waals surface area contributed by atoms with Gasteiger partial charge in [-0.15, -0.1) is 0 Å². The van der Waals surface area contributed by atoms with Crippen molar-refractivity contribution in [3.8, 4) is 0 Å². The molecule has 3 N–H and O–H groups in total. The lowest BCUT2D eigenvalue weighted by Gasteiger charge is -2.27. The van der Waals surface area contributed by atoms with Crippen LogP contribution in [-0.4, -0.2) is 29.4 Å². The molecule has 0 aliphatic carbocycles. The fourth-order valence-electron chi connectivity index (χ4n) is 3.20. The summed E-state index contributed by atoms with van der Waals surface area (Å²) in [6, 6.07) is 6.85. The predicted molar refractivity (Wildman–Crippen MR) is 88.3 cm³/mol. The lowest BCUT2D eigenvalue weighted by molar-refractivity contribution is -0.116. The third-order valence-electron chi connectivity index (χ3n) is 4.67. The van der Waals surface area contributed by atoms with Crippen LogP contribution in [0, 0.1) is 6.92 Å². The van der Waals surface area contributed by atoms with Gasteiger partial charge in [0.1, 0.15) is 0 Å². The molecule has 4 heteroatoms. The van der Waals surface area contributed by atoms with Crippen LogP contribution < -0.4 is 11.1 Å². The summed E-state index contributed by atoms with van der Waals surface area (Å²) < 4.78 is 0. The minimum atomic E-state index is 0.0673. The summed E-state index contributed by atoms with van der Waals surface area (Å²) >= 11 is 0. The van der Waals surface area contributed by atoms with Crippen molar-refractivity contribution in [1.82, 2.24) is 4.90 Å². The summed E-state index contributed by atoms with van der Waals surface area (Å²) in [6.07, 6.45) is 4.21. The van der Waals surface area contributed by atoms with Crippen LogP contribution in [0.3, 0.4) is 0 Å². The Balaban J connectivity index is 1.89. The molecule has 116 valence electrons. The average molecular weight is 289 g/mol. The largest absolute Gasteiger partial charge is 0.398 e. The van der Waals surface area contributed by atoms with Crippen LogP contribution in [0.5, 0.6) is 0 Å². The first-order valence-electron chi connectivity index (χ1n) is 7.93. The highest BCUT2D eigenvalue weighted by Gasteiger charge is 2.29. The SMILES string of the molecule is CCC1CCC(C)N1CCC(=O)Nc1cccc(N)c1C. The second-order valence-electron chi connectivity index (χ2n) is 6.04. The first-order valence-corrected chi connectivity index (χ1v) is 7.93. The number of hydrogen-bond donors (Lipinski definition) is 2. The molecule has 4 nitrogen and oxygen atoms in total. The lowest BCUT2D eigenvalue weighted by atomic mass is 10.1. The molecular formula is C17H27N3O. The maximum atomic E-state index is 12.2. The van der Waals surface area contributed by atoms with Crippen molar-refractivity contribution in [2.75, 3.05) is 17.6 Å². The van der Waals surface area contributed by atoms with Crippen molar-refractivity contribution in [3.05, 3.63) is 23.8 Å². The van der Waals surface area contributed by atoms with Gasteiger partial charge in [-0.05, 0) is 50.8 Å². The van der Waals surface area contributed by atoms with Crippen molar-refractivity contribution in [3.63, 3.8) is 0 Å². The summed E-state index contributed by atoms with van der Waals surface area (Å²) in [7, 11) is 0. The molecule has 1 saturated heterocycles. The fourth-order valence-corrected chi connectivity index (χ4v) is 3.20. The van der Waals surface area contributed by atoms with E-state index < -0.39 is 0 Å². The number of rotatable bonds is 5. The molecule has 1 aromatic carbocycles. The van der Waals surface area contributed by atoms with Crippen molar-refractivity contribution in [2.45, 2.75) is 58.5 Å². The van der Waals surface area contributed by atoms with Crippen LogP contribution in [0.15, 0.2) is 18.2 Å². The van der Waals surface area contributed by atoms with Crippen molar-refractivity contribution >= 4 is 17.3 Å². The Labute approximate surface area is 127 Å². The Bertz CT molecular complexity index is 501. The summed E-state index contributed by atoms with van der Waals surface area (Å²) in [5.74, 6) is 0.0673. The van der Waals surface area contributed by atoms with E-state index in [1.165, 1.54) is 19.3 Å². The maximum Gasteiger partial charge on any atom is 0.225 e. The van der Waals surface area contributed by atoms with E-state index >= 15 is 0 Å². The molecular weight excluding hydrogens is 262 g/mol. The van der Waals surface area contributed by atoms with Gasteiger partial charge in [-0.2, -0.15) is 0 Å². The van der Waals surface area contributed by atoms with Crippen LogP contribution in [0.1, 0.15) is 45.1 Å². The number of hydrogen-bond acceptors (Lipinski definition) is 3. The van der Waals surface area contributed by atoms with Crippen molar-refractivity contribution in [1.29, 1.82) is 0 Å². The number of amides is 1. The number of nitrogens with two attached hydrogens (primary N) is 1. The normalized spacial score (nSPS) is 22.4. The topological polar surface area (TPSA) is 58.4 Å². The van der Waals surface area contributed by atoms with Crippen LogP contribution in [0.25, 0.3) is 0 Å². The van der Waals surface area contributed by atoms with Crippen LogP contribution >= 0.6 is 0 Å². The number of nitrogen functional groups attached to an aromatic ring is 1. The Morgan fingerprint density at radius 3 is 2.90 bits per heavy atom.